The monoisotopic (exact) mass is 431 g/mol. The summed E-state index contributed by atoms with van der Waals surface area (Å²) in [4.78, 5) is 22.2. The van der Waals surface area contributed by atoms with Crippen molar-refractivity contribution >= 4 is 44.6 Å². The Morgan fingerprint density at radius 3 is 2.29 bits per heavy atom. The van der Waals surface area contributed by atoms with Crippen LogP contribution in [-0.2, 0) is 0 Å². The van der Waals surface area contributed by atoms with Crippen LogP contribution in [0, 0.1) is 0 Å². The zero-order valence-corrected chi connectivity index (χ0v) is 16.1. The number of carbonyl (C=O) groups excluding carboxylic acids is 1. The molecule has 0 fully saturated rings. The highest BCUT2D eigenvalue weighted by atomic mass is 79.9. The van der Waals surface area contributed by atoms with E-state index in [1.165, 1.54) is 0 Å². The van der Waals surface area contributed by atoms with Crippen molar-refractivity contribution in [3.8, 4) is 0 Å². The first-order valence-corrected chi connectivity index (χ1v) is 9.54. The van der Waals surface area contributed by atoms with Crippen molar-refractivity contribution in [2.45, 2.75) is 5.72 Å². The number of halogens is 1. The molecule has 0 radical (unpaired) electrons. The Hall–Kier alpha value is -3.09. The normalized spacial score (nSPS) is 19.7. The first-order valence-electron chi connectivity index (χ1n) is 8.74. The number of aliphatic hydroxyl groups is 1. The minimum absolute atomic E-state index is 0.254. The molecule has 28 heavy (non-hydrogen) atoms. The zero-order valence-electron chi connectivity index (χ0n) is 14.6. The van der Waals surface area contributed by atoms with E-state index in [0.717, 1.165) is 10.2 Å². The summed E-state index contributed by atoms with van der Waals surface area (Å²) in [5.74, 6) is -0.0917. The van der Waals surface area contributed by atoms with Crippen molar-refractivity contribution in [2.75, 3.05) is 5.32 Å². The van der Waals surface area contributed by atoms with Crippen LogP contribution < -0.4 is 5.32 Å². The van der Waals surface area contributed by atoms with Crippen LogP contribution in [-0.4, -0.2) is 28.2 Å². The van der Waals surface area contributed by atoms with Crippen LogP contribution in [0.1, 0.15) is 21.5 Å². The van der Waals surface area contributed by atoms with Crippen molar-refractivity contribution in [1.29, 1.82) is 0 Å². The third-order valence-corrected chi connectivity index (χ3v) is 5.56. The highest BCUT2D eigenvalue weighted by molar-refractivity contribution is 9.10. The minimum atomic E-state index is -2.06. The summed E-state index contributed by atoms with van der Waals surface area (Å²) in [6, 6.07) is 22.1. The van der Waals surface area contributed by atoms with Gasteiger partial charge in [0.2, 0.25) is 5.78 Å². The maximum absolute atomic E-state index is 13.0. The second-order valence-corrected chi connectivity index (χ2v) is 7.44. The third-order valence-electron chi connectivity index (χ3n) is 4.87. The number of ketones is 1. The molecule has 2 N–H and O–H groups in total. The van der Waals surface area contributed by atoms with E-state index in [1.54, 1.807) is 18.2 Å². The van der Waals surface area contributed by atoms with E-state index in [-0.39, 0.29) is 5.71 Å². The van der Waals surface area contributed by atoms with E-state index in [9.17, 15) is 9.90 Å². The Morgan fingerprint density at radius 1 is 0.857 bits per heavy atom. The minimum Gasteiger partial charge on any atom is -0.358 e. The quantitative estimate of drug-likeness (QED) is 0.602. The molecule has 0 aromatic heterocycles. The van der Waals surface area contributed by atoms with E-state index in [4.69, 9.17) is 0 Å². The van der Waals surface area contributed by atoms with Gasteiger partial charge in [0.1, 0.15) is 11.5 Å². The maximum Gasteiger partial charge on any atom is 0.267 e. The van der Waals surface area contributed by atoms with Gasteiger partial charge >= 0.3 is 0 Å². The topological polar surface area (TPSA) is 74.0 Å². The highest BCUT2D eigenvalue weighted by Crippen LogP contribution is 2.38. The Labute approximate surface area is 169 Å². The number of amidine groups is 1. The number of para-hydroxylation sites is 2. The molecule has 2 aliphatic rings. The molecule has 0 bridgehead atoms. The average molecular weight is 432 g/mol. The van der Waals surface area contributed by atoms with Gasteiger partial charge in [0.15, 0.2) is 0 Å². The van der Waals surface area contributed by atoms with Gasteiger partial charge in [0, 0.05) is 21.2 Å². The highest BCUT2D eigenvalue weighted by Gasteiger charge is 2.51. The number of benzene rings is 3. The van der Waals surface area contributed by atoms with Gasteiger partial charge in [-0.2, -0.15) is 0 Å². The Balaban J connectivity index is 1.75. The van der Waals surface area contributed by atoms with E-state index >= 15 is 0 Å². The summed E-state index contributed by atoms with van der Waals surface area (Å²) in [5, 5.41) is 14.6. The van der Waals surface area contributed by atoms with Crippen LogP contribution in [0.2, 0.25) is 0 Å². The van der Waals surface area contributed by atoms with Crippen LogP contribution in [0.4, 0.5) is 11.4 Å². The second kappa shape index (κ2) is 6.22. The van der Waals surface area contributed by atoms with Gasteiger partial charge in [-0.1, -0.05) is 48.5 Å². The average Bonchev–Trinajstić information content (AvgIpc) is 2.84. The summed E-state index contributed by atoms with van der Waals surface area (Å²) in [6.07, 6.45) is 0. The molecule has 1 heterocycles. The first kappa shape index (κ1) is 17.0. The van der Waals surface area contributed by atoms with Crippen LogP contribution in [0.5, 0.6) is 0 Å². The number of Topliss-reactive ketones (excluding diaryl/α,β-unsaturated/α-hetero) is 1. The number of nitrogens with zero attached hydrogens (tertiary/aromatic N) is 2. The third kappa shape index (κ3) is 2.46. The molecule has 0 saturated heterocycles. The Kier molecular flexibility index (Phi) is 3.79. The second-order valence-electron chi connectivity index (χ2n) is 6.59. The van der Waals surface area contributed by atoms with E-state index in [1.807, 2.05) is 54.6 Å². The van der Waals surface area contributed by atoms with Crippen LogP contribution >= 0.6 is 15.9 Å². The predicted molar refractivity (Wildman–Crippen MR) is 113 cm³/mol. The fraction of sp³-hybridized carbons (Fsp3) is 0.0455. The fourth-order valence-electron chi connectivity index (χ4n) is 3.51. The zero-order chi connectivity index (χ0) is 19.3. The lowest BCUT2D eigenvalue weighted by atomic mass is 10.1. The number of anilines is 1. The summed E-state index contributed by atoms with van der Waals surface area (Å²) in [7, 11) is 0. The number of aliphatic imine (C=N–C) groups is 2. The molecule has 1 unspecified atom stereocenters. The first-order chi connectivity index (χ1) is 13.6. The molecule has 6 heteroatoms. The molecule has 0 spiro atoms. The molecule has 0 amide bonds. The largest absolute Gasteiger partial charge is 0.358 e. The fourth-order valence-corrected chi connectivity index (χ4v) is 3.90. The van der Waals surface area contributed by atoms with Crippen LogP contribution in [0.3, 0.4) is 0 Å². The number of hydrogen-bond donors (Lipinski definition) is 2. The lowest BCUT2D eigenvalue weighted by Crippen LogP contribution is -2.40. The van der Waals surface area contributed by atoms with Crippen LogP contribution in [0.15, 0.2) is 87.3 Å². The summed E-state index contributed by atoms with van der Waals surface area (Å²) >= 11 is 3.51. The standard InChI is InChI=1S/C22H14BrN3O2/c23-16-10-4-6-12-18(16)25-21-15-9-3-5-11-17(15)24-19-13-7-1-2-8-14(13)20(27)22(19,28)26-21/h1-12,28H,(H,25,26). The Morgan fingerprint density at radius 2 is 1.50 bits per heavy atom. The van der Waals surface area contributed by atoms with Crippen molar-refractivity contribution in [1.82, 2.24) is 0 Å². The van der Waals surface area contributed by atoms with Crippen molar-refractivity contribution in [3.05, 3.63) is 94.0 Å². The van der Waals surface area contributed by atoms with E-state index < -0.39 is 11.5 Å². The van der Waals surface area contributed by atoms with Gasteiger partial charge in [-0.15, -0.1) is 0 Å². The summed E-state index contributed by atoms with van der Waals surface area (Å²) < 4.78 is 0.841. The van der Waals surface area contributed by atoms with E-state index in [2.05, 4.69) is 31.2 Å². The molecule has 1 atom stereocenters. The van der Waals surface area contributed by atoms with Gasteiger partial charge < -0.3 is 10.4 Å². The number of nitrogens with one attached hydrogen (secondary N) is 1. The lowest BCUT2D eigenvalue weighted by Gasteiger charge is -2.18. The Bertz CT molecular complexity index is 1200. The molecular weight excluding hydrogens is 418 g/mol. The van der Waals surface area contributed by atoms with Crippen molar-refractivity contribution in [2.24, 2.45) is 9.98 Å². The van der Waals surface area contributed by atoms with Gasteiger partial charge in [-0.05, 0) is 40.2 Å². The molecule has 0 saturated carbocycles. The number of hydrogen-bond acceptors (Lipinski definition) is 5. The lowest BCUT2D eigenvalue weighted by molar-refractivity contribution is 0.0646. The maximum atomic E-state index is 13.0. The van der Waals surface area contributed by atoms with E-state index in [0.29, 0.717) is 28.2 Å². The van der Waals surface area contributed by atoms with Crippen molar-refractivity contribution in [3.63, 3.8) is 0 Å². The van der Waals surface area contributed by atoms with Gasteiger partial charge in [-0.3, -0.25) is 4.79 Å². The van der Waals surface area contributed by atoms with Gasteiger partial charge in [0.05, 0.1) is 11.4 Å². The number of rotatable bonds is 1. The summed E-state index contributed by atoms with van der Waals surface area (Å²) in [6.45, 7) is 0. The van der Waals surface area contributed by atoms with Gasteiger partial charge in [0.25, 0.3) is 5.72 Å². The molecule has 136 valence electrons. The van der Waals surface area contributed by atoms with Gasteiger partial charge in [-0.25, -0.2) is 9.98 Å². The molecule has 5 nitrogen and oxygen atoms in total. The van der Waals surface area contributed by atoms with Crippen molar-refractivity contribution < 1.29 is 9.90 Å². The molecule has 5 rings (SSSR count). The molecule has 1 aliphatic carbocycles. The number of carbonyl (C=O) groups is 1. The van der Waals surface area contributed by atoms with Crippen LogP contribution in [0.25, 0.3) is 0 Å². The molecule has 3 aromatic rings. The SMILES string of the molecule is O=C1c2ccccc2C2=Nc3ccccc3C(Nc3ccccc3Br)=NC12O. The molecule has 1 aliphatic heterocycles. The smallest absolute Gasteiger partial charge is 0.267 e. The summed E-state index contributed by atoms with van der Waals surface area (Å²) in [5.41, 5.74) is 1.33. The molecule has 3 aromatic carbocycles. The number of fused-ring (bicyclic) bond motifs is 4. The predicted octanol–water partition coefficient (Wildman–Crippen LogP) is 4.33. The molecular formula is C22H14BrN3O2.